The lowest BCUT2D eigenvalue weighted by Gasteiger charge is -2.16. The second kappa shape index (κ2) is 8.83. The van der Waals surface area contributed by atoms with Gasteiger partial charge in [-0.15, -0.1) is 0 Å². The van der Waals surface area contributed by atoms with E-state index in [0.29, 0.717) is 12.3 Å². The van der Waals surface area contributed by atoms with Crippen LogP contribution in [0.25, 0.3) is 6.08 Å². The largest absolute Gasteiger partial charge is 0.492 e. The van der Waals surface area contributed by atoms with E-state index in [1.165, 1.54) is 26.2 Å². The Labute approximate surface area is 160 Å². The quantitative estimate of drug-likeness (QED) is 0.739. The zero-order valence-electron chi connectivity index (χ0n) is 15.9. The van der Waals surface area contributed by atoms with Gasteiger partial charge in [-0.3, -0.25) is 4.79 Å². The first-order chi connectivity index (χ1) is 12.7. The summed E-state index contributed by atoms with van der Waals surface area (Å²) in [5, 5.41) is 2.68. The Morgan fingerprint density at radius 1 is 1.15 bits per heavy atom. The molecule has 1 N–H and O–H groups in total. The number of hydrogen-bond acceptors (Lipinski definition) is 4. The van der Waals surface area contributed by atoms with Crippen LogP contribution < -0.4 is 10.1 Å². The number of aryl methyl sites for hydroxylation is 1. The molecule has 0 saturated carbocycles. The second-order valence-corrected chi connectivity index (χ2v) is 8.24. The minimum Gasteiger partial charge on any atom is -0.492 e. The highest BCUT2D eigenvalue weighted by molar-refractivity contribution is 7.89. The summed E-state index contributed by atoms with van der Waals surface area (Å²) in [6.45, 7) is 4.10. The van der Waals surface area contributed by atoms with E-state index in [4.69, 9.17) is 4.74 Å². The van der Waals surface area contributed by atoms with Crippen LogP contribution in [-0.2, 0) is 14.8 Å². The minimum absolute atomic E-state index is 0.00895. The molecule has 27 heavy (non-hydrogen) atoms. The molecule has 0 spiro atoms. The number of amides is 1. The van der Waals surface area contributed by atoms with Crippen molar-refractivity contribution in [2.24, 2.45) is 0 Å². The maximum atomic E-state index is 12.5. The van der Waals surface area contributed by atoms with Gasteiger partial charge in [0.25, 0.3) is 0 Å². The maximum Gasteiger partial charge on any atom is 0.248 e. The summed E-state index contributed by atoms with van der Waals surface area (Å²) >= 11 is 0. The lowest BCUT2D eigenvalue weighted by molar-refractivity contribution is -0.111. The van der Waals surface area contributed by atoms with Crippen molar-refractivity contribution in [2.75, 3.05) is 26.0 Å². The molecule has 0 aromatic heterocycles. The van der Waals surface area contributed by atoms with Crippen LogP contribution in [0, 0.1) is 6.92 Å². The van der Waals surface area contributed by atoms with Crippen molar-refractivity contribution >= 4 is 27.7 Å². The first kappa shape index (κ1) is 20.7. The molecule has 0 saturated heterocycles. The van der Waals surface area contributed by atoms with Crippen LogP contribution >= 0.6 is 0 Å². The Kier molecular flexibility index (Phi) is 6.76. The van der Waals surface area contributed by atoms with Gasteiger partial charge in [-0.1, -0.05) is 29.8 Å². The number of anilines is 1. The summed E-state index contributed by atoms with van der Waals surface area (Å²) in [6.07, 6.45) is 3.10. The molecule has 144 valence electrons. The fourth-order valence-corrected chi connectivity index (χ4v) is 3.34. The van der Waals surface area contributed by atoms with Crippen molar-refractivity contribution in [3.63, 3.8) is 0 Å². The third-order valence-corrected chi connectivity index (χ3v) is 5.61. The third kappa shape index (κ3) is 5.42. The van der Waals surface area contributed by atoms with Gasteiger partial charge in [-0.05, 0) is 43.7 Å². The number of rotatable bonds is 7. The van der Waals surface area contributed by atoms with Gasteiger partial charge in [0.2, 0.25) is 15.9 Å². The van der Waals surface area contributed by atoms with Gasteiger partial charge in [0.1, 0.15) is 10.6 Å². The minimum atomic E-state index is -3.71. The summed E-state index contributed by atoms with van der Waals surface area (Å²) in [7, 11) is -0.818. The molecule has 0 heterocycles. The Morgan fingerprint density at radius 2 is 1.81 bits per heavy atom. The summed E-state index contributed by atoms with van der Waals surface area (Å²) in [4.78, 5) is 12.2. The number of sulfonamides is 1. The summed E-state index contributed by atoms with van der Waals surface area (Å²) in [5.74, 6) is -0.104. The average molecular weight is 388 g/mol. The lowest BCUT2D eigenvalue weighted by Crippen LogP contribution is -2.23. The average Bonchev–Trinajstić information content (AvgIpc) is 2.62. The number of nitrogens with one attached hydrogen (secondary N) is 1. The second-order valence-electron chi connectivity index (χ2n) is 6.12. The monoisotopic (exact) mass is 388 g/mol. The van der Waals surface area contributed by atoms with E-state index in [9.17, 15) is 13.2 Å². The Bertz CT molecular complexity index is 933. The molecular weight excluding hydrogens is 364 g/mol. The number of hydrogen-bond donors (Lipinski definition) is 1. The molecule has 6 nitrogen and oxygen atoms in total. The number of carbonyl (C=O) groups excluding carboxylic acids is 1. The molecule has 0 fully saturated rings. The zero-order valence-corrected chi connectivity index (χ0v) is 16.7. The van der Waals surface area contributed by atoms with E-state index in [0.717, 1.165) is 15.4 Å². The number of nitrogens with zero attached hydrogens (tertiary/aromatic N) is 1. The first-order valence-electron chi connectivity index (χ1n) is 8.49. The molecule has 2 rings (SSSR count). The Morgan fingerprint density at radius 3 is 2.41 bits per heavy atom. The van der Waals surface area contributed by atoms with E-state index in [-0.39, 0.29) is 16.6 Å². The van der Waals surface area contributed by atoms with Gasteiger partial charge in [0, 0.05) is 25.9 Å². The fraction of sp³-hybridized carbons (Fsp3) is 0.250. The molecule has 2 aromatic carbocycles. The van der Waals surface area contributed by atoms with Crippen LogP contribution in [0.5, 0.6) is 5.75 Å². The smallest absolute Gasteiger partial charge is 0.248 e. The van der Waals surface area contributed by atoms with Gasteiger partial charge in [-0.25, -0.2) is 12.7 Å². The topological polar surface area (TPSA) is 75.7 Å². The van der Waals surface area contributed by atoms with Gasteiger partial charge in [0.15, 0.2) is 0 Å². The summed E-state index contributed by atoms with van der Waals surface area (Å²) in [6, 6.07) is 12.3. The third-order valence-electron chi connectivity index (χ3n) is 3.77. The molecule has 7 heteroatoms. The van der Waals surface area contributed by atoms with Crippen molar-refractivity contribution in [1.82, 2.24) is 4.31 Å². The van der Waals surface area contributed by atoms with Crippen LogP contribution in [0.2, 0.25) is 0 Å². The molecule has 0 unspecified atom stereocenters. The van der Waals surface area contributed by atoms with E-state index in [2.05, 4.69) is 5.32 Å². The predicted molar refractivity (Wildman–Crippen MR) is 107 cm³/mol. The Balaban J connectivity index is 2.23. The zero-order chi connectivity index (χ0) is 20.0. The Hall–Kier alpha value is -2.64. The van der Waals surface area contributed by atoms with Gasteiger partial charge < -0.3 is 10.1 Å². The van der Waals surface area contributed by atoms with Crippen molar-refractivity contribution in [2.45, 2.75) is 18.7 Å². The van der Waals surface area contributed by atoms with Gasteiger partial charge in [0.05, 0.1) is 6.61 Å². The molecule has 0 aliphatic carbocycles. The molecule has 0 aliphatic heterocycles. The van der Waals surface area contributed by atoms with Crippen LogP contribution in [0.3, 0.4) is 0 Å². The van der Waals surface area contributed by atoms with Crippen molar-refractivity contribution in [3.05, 3.63) is 59.7 Å². The SMILES string of the molecule is CCOc1ccc(NC(=O)/C=C/c2ccc(C)cc2)cc1S(=O)(=O)N(C)C. The van der Waals surface area contributed by atoms with Crippen LogP contribution in [-0.4, -0.2) is 39.3 Å². The highest BCUT2D eigenvalue weighted by atomic mass is 32.2. The first-order valence-corrected chi connectivity index (χ1v) is 9.93. The van der Waals surface area contributed by atoms with Crippen LogP contribution in [0.4, 0.5) is 5.69 Å². The van der Waals surface area contributed by atoms with Crippen molar-refractivity contribution in [1.29, 1.82) is 0 Å². The molecular formula is C20H24N2O4S. The van der Waals surface area contributed by atoms with E-state index >= 15 is 0 Å². The van der Waals surface area contributed by atoms with Crippen LogP contribution in [0.1, 0.15) is 18.1 Å². The molecule has 0 bridgehead atoms. The fourth-order valence-electron chi connectivity index (χ4n) is 2.29. The molecule has 0 aliphatic rings. The predicted octanol–water partition coefficient (Wildman–Crippen LogP) is 3.30. The lowest BCUT2D eigenvalue weighted by atomic mass is 10.1. The van der Waals surface area contributed by atoms with E-state index in [1.54, 1.807) is 25.1 Å². The standard InChI is InChI=1S/C20H24N2O4S/c1-5-26-18-12-11-17(14-19(18)27(24,25)22(3)4)21-20(23)13-10-16-8-6-15(2)7-9-16/h6-14H,5H2,1-4H3,(H,21,23)/b13-10+. The normalized spacial score (nSPS) is 11.7. The van der Waals surface area contributed by atoms with Gasteiger partial charge >= 0.3 is 0 Å². The molecule has 2 aromatic rings. The van der Waals surface area contributed by atoms with E-state index < -0.39 is 10.0 Å². The number of benzene rings is 2. The molecule has 1 amide bonds. The highest BCUT2D eigenvalue weighted by Crippen LogP contribution is 2.29. The van der Waals surface area contributed by atoms with Crippen LogP contribution in [0.15, 0.2) is 53.4 Å². The van der Waals surface area contributed by atoms with Gasteiger partial charge in [-0.2, -0.15) is 0 Å². The number of carbonyl (C=O) groups is 1. The maximum absolute atomic E-state index is 12.5. The molecule has 0 radical (unpaired) electrons. The molecule has 0 atom stereocenters. The summed E-state index contributed by atoms with van der Waals surface area (Å²) < 4.78 is 31.6. The van der Waals surface area contributed by atoms with Crippen molar-refractivity contribution in [3.8, 4) is 5.75 Å². The van der Waals surface area contributed by atoms with Crippen molar-refractivity contribution < 1.29 is 17.9 Å². The highest BCUT2D eigenvalue weighted by Gasteiger charge is 2.23. The summed E-state index contributed by atoms with van der Waals surface area (Å²) in [5.41, 5.74) is 2.41. The number of ether oxygens (including phenoxy) is 1. The van der Waals surface area contributed by atoms with E-state index in [1.807, 2.05) is 31.2 Å².